The first-order valence-electron chi connectivity index (χ1n) is 8.10. The minimum Gasteiger partial charge on any atom is -0.493 e. The molecule has 5 heteroatoms. The maximum Gasteiger partial charge on any atom is 0.122 e. The van der Waals surface area contributed by atoms with Crippen LogP contribution in [0.15, 0.2) is 42.5 Å². The number of aliphatic hydroxyl groups is 1. The van der Waals surface area contributed by atoms with E-state index in [2.05, 4.69) is 11.0 Å². The molecule has 1 N–H and O–H groups in total. The average molecular weight is 364 g/mol. The van der Waals surface area contributed by atoms with Crippen LogP contribution in [-0.2, 0) is 6.54 Å². The summed E-state index contributed by atoms with van der Waals surface area (Å²) >= 11 is 12.3. The summed E-state index contributed by atoms with van der Waals surface area (Å²) in [6, 6.07) is 13.8. The Bertz CT molecular complexity index is 767. The minimum atomic E-state index is -0.243. The van der Waals surface area contributed by atoms with E-state index >= 15 is 0 Å². The van der Waals surface area contributed by atoms with Crippen LogP contribution in [0.3, 0.4) is 0 Å². The second-order valence-electron chi connectivity index (χ2n) is 6.80. The summed E-state index contributed by atoms with van der Waals surface area (Å²) in [5.74, 6) is 1.22. The van der Waals surface area contributed by atoms with E-state index in [0.717, 1.165) is 30.9 Å². The molecule has 1 fully saturated rings. The van der Waals surface area contributed by atoms with E-state index in [1.165, 1.54) is 5.56 Å². The predicted molar refractivity (Wildman–Crippen MR) is 95.9 cm³/mol. The normalized spacial score (nSPS) is 25.9. The molecular weight excluding hydrogens is 345 g/mol. The molecule has 0 bridgehead atoms. The van der Waals surface area contributed by atoms with Gasteiger partial charge in [0.1, 0.15) is 5.75 Å². The molecule has 2 aliphatic rings. The molecule has 2 atom stereocenters. The lowest BCUT2D eigenvalue weighted by Gasteiger charge is -2.38. The van der Waals surface area contributed by atoms with Crippen molar-refractivity contribution in [2.45, 2.75) is 12.5 Å². The molecular formula is C19H19Cl2NO2. The van der Waals surface area contributed by atoms with Crippen LogP contribution in [0.2, 0.25) is 10.0 Å². The number of ether oxygens (including phenoxy) is 1. The van der Waals surface area contributed by atoms with Crippen molar-refractivity contribution >= 4 is 23.2 Å². The van der Waals surface area contributed by atoms with Crippen molar-refractivity contribution in [3.8, 4) is 5.75 Å². The second-order valence-corrected chi connectivity index (χ2v) is 7.65. The van der Waals surface area contributed by atoms with Gasteiger partial charge < -0.3 is 9.84 Å². The third-order valence-corrected chi connectivity index (χ3v) is 5.84. The van der Waals surface area contributed by atoms with Gasteiger partial charge in [0, 0.05) is 41.0 Å². The number of halogens is 2. The van der Waals surface area contributed by atoms with Gasteiger partial charge in [-0.1, -0.05) is 47.5 Å². The van der Waals surface area contributed by atoms with Gasteiger partial charge in [-0.25, -0.2) is 0 Å². The Hall–Kier alpha value is -1.26. The predicted octanol–water partition coefficient (Wildman–Crippen LogP) is 3.96. The molecule has 2 aromatic rings. The number of benzene rings is 2. The quantitative estimate of drug-likeness (QED) is 0.895. The van der Waals surface area contributed by atoms with Crippen LogP contribution < -0.4 is 4.74 Å². The molecule has 2 heterocycles. The van der Waals surface area contributed by atoms with Gasteiger partial charge in [-0.05, 0) is 29.3 Å². The van der Waals surface area contributed by atoms with Gasteiger partial charge in [0.15, 0.2) is 0 Å². The number of rotatable bonds is 3. The summed E-state index contributed by atoms with van der Waals surface area (Å²) < 4.78 is 5.94. The number of likely N-dealkylation sites (tertiary alicyclic amines) is 1. The zero-order chi connectivity index (χ0) is 16.7. The fourth-order valence-electron chi connectivity index (χ4n) is 3.98. The molecule has 0 aromatic heterocycles. The van der Waals surface area contributed by atoms with E-state index in [0.29, 0.717) is 16.7 Å². The molecule has 0 saturated carbocycles. The minimum absolute atomic E-state index is 0.122. The van der Waals surface area contributed by atoms with Gasteiger partial charge >= 0.3 is 0 Å². The zero-order valence-electron chi connectivity index (χ0n) is 13.2. The molecule has 126 valence electrons. The Balaban J connectivity index is 1.61. The number of hydrogen-bond donors (Lipinski definition) is 1. The monoisotopic (exact) mass is 363 g/mol. The maximum atomic E-state index is 10.1. The molecule has 4 rings (SSSR count). The topological polar surface area (TPSA) is 32.7 Å². The highest BCUT2D eigenvalue weighted by molar-refractivity contribution is 6.35. The highest BCUT2D eigenvalue weighted by Crippen LogP contribution is 2.49. The summed E-state index contributed by atoms with van der Waals surface area (Å²) in [5.41, 5.74) is 2.01. The van der Waals surface area contributed by atoms with E-state index in [1.54, 1.807) is 6.07 Å². The van der Waals surface area contributed by atoms with Crippen LogP contribution in [0.4, 0.5) is 0 Å². The third kappa shape index (κ3) is 2.70. The van der Waals surface area contributed by atoms with E-state index in [9.17, 15) is 5.11 Å². The lowest BCUT2D eigenvalue weighted by molar-refractivity contribution is 0.0457. The first-order chi connectivity index (χ1) is 11.6. The van der Waals surface area contributed by atoms with Crippen molar-refractivity contribution in [1.29, 1.82) is 0 Å². The largest absolute Gasteiger partial charge is 0.493 e. The van der Waals surface area contributed by atoms with Crippen molar-refractivity contribution in [3.05, 3.63) is 63.6 Å². The molecule has 0 spiro atoms. The SMILES string of the molecule is OC[C@]12COc3ccccc3[C@H]1CN(Cc1ccc(Cl)cc1Cl)C2. The molecule has 2 aromatic carbocycles. The molecule has 2 aliphatic heterocycles. The van der Waals surface area contributed by atoms with Gasteiger partial charge in [-0.15, -0.1) is 0 Å². The van der Waals surface area contributed by atoms with Crippen LogP contribution in [0.1, 0.15) is 17.0 Å². The molecule has 0 amide bonds. The summed E-state index contributed by atoms with van der Waals surface area (Å²) in [4.78, 5) is 2.35. The number of aliphatic hydroxyl groups excluding tert-OH is 1. The Morgan fingerprint density at radius 1 is 1.21 bits per heavy atom. The van der Waals surface area contributed by atoms with Crippen molar-refractivity contribution in [1.82, 2.24) is 4.90 Å². The molecule has 3 nitrogen and oxygen atoms in total. The lowest BCUT2D eigenvalue weighted by atomic mass is 9.74. The molecule has 24 heavy (non-hydrogen) atoms. The Morgan fingerprint density at radius 3 is 2.83 bits per heavy atom. The van der Waals surface area contributed by atoms with Crippen LogP contribution in [-0.4, -0.2) is 36.3 Å². The smallest absolute Gasteiger partial charge is 0.122 e. The van der Waals surface area contributed by atoms with E-state index in [-0.39, 0.29) is 17.9 Å². The summed E-state index contributed by atoms with van der Waals surface area (Å²) in [7, 11) is 0. The van der Waals surface area contributed by atoms with Gasteiger partial charge in [0.05, 0.1) is 13.2 Å². The Labute approximate surface area is 151 Å². The molecule has 1 saturated heterocycles. The molecule has 0 radical (unpaired) electrons. The highest BCUT2D eigenvalue weighted by Gasteiger charge is 2.50. The van der Waals surface area contributed by atoms with Crippen molar-refractivity contribution in [2.75, 3.05) is 26.3 Å². The maximum absolute atomic E-state index is 10.1. The van der Waals surface area contributed by atoms with Crippen molar-refractivity contribution < 1.29 is 9.84 Å². The average Bonchev–Trinajstić information content (AvgIpc) is 2.97. The third-order valence-electron chi connectivity index (χ3n) is 5.25. The van der Waals surface area contributed by atoms with Gasteiger partial charge in [-0.2, -0.15) is 0 Å². The van der Waals surface area contributed by atoms with Gasteiger partial charge in [-0.3, -0.25) is 4.90 Å². The lowest BCUT2D eigenvalue weighted by Crippen LogP contribution is -2.42. The van der Waals surface area contributed by atoms with Gasteiger partial charge in [0.25, 0.3) is 0 Å². The fraction of sp³-hybridized carbons (Fsp3) is 0.368. The molecule has 0 unspecified atom stereocenters. The Morgan fingerprint density at radius 2 is 2.04 bits per heavy atom. The summed E-state index contributed by atoms with van der Waals surface area (Å²) in [6.07, 6.45) is 0. The van der Waals surface area contributed by atoms with E-state index in [1.807, 2.05) is 30.3 Å². The van der Waals surface area contributed by atoms with E-state index < -0.39 is 0 Å². The Kier molecular flexibility index (Phi) is 4.21. The van der Waals surface area contributed by atoms with Crippen LogP contribution in [0.5, 0.6) is 5.75 Å². The van der Waals surface area contributed by atoms with Crippen LogP contribution in [0, 0.1) is 5.41 Å². The fourth-order valence-corrected chi connectivity index (χ4v) is 4.45. The zero-order valence-corrected chi connectivity index (χ0v) is 14.7. The number of para-hydroxylation sites is 1. The second kappa shape index (κ2) is 6.23. The van der Waals surface area contributed by atoms with Crippen molar-refractivity contribution in [3.63, 3.8) is 0 Å². The van der Waals surface area contributed by atoms with Gasteiger partial charge in [0.2, 0.25) is 0 Å². The standard InChI is InChI=1S/C19H19Cl2NO2/c20-14-6-5-13(17(21)7-14)8-22-9-16-15-3-1-2-4-18(15)24-12-19(16,10-22)11-23/h1-7,16,23H,8-12H2/t16-,19-/m1/s1. The van der Waals surface area contributed by atoms with Crippen LogP contribution >= 0.6 is 23.2 Å². The summed E-state index contributed by atoms with van der Waals surface area (Å²) in [5, 5.41) is 11.4. The first-order valence-corrected chi connectivity index (χ1v) is 8.86. The number of fused-ring (bicyclic) bond motifs is 3. The number of nitrogens with zero attached hydrogens (tertiary/aromatic N) is 1. The number of hydrogen-bond acceptors (Lipinski definition) is 3. The first kappa shape index (κ1) is 16.2. The summed E-state index contributed by atoms with van der Waals surface area (Å²) in [6.45, 7) is 3.10. The van der Waals surface area contributed by atoms with Crippen LogP contribution in [0.25, 0.3) is 0 Å². The van der Waals surface area contributed by atoms with Crippen molar-refractivity contribution in [2.24, 2.45) is 5.41 Å². The van der Waals surface area contributed by atoms with E-state index in [4.69, 9.17) is 27.9 Å². The molecule has 0 aliphatic carbocycles. The highest BCUT2D eigenvalue weighted by atomic mass is 35.5.